The molecular formula is C58H64ClN7O4. The van der Waals surface area contributed by atoms with E-state index in [1.54, 1.807) is 12.1 Å². The van der Waals surface area contributed by atoms with Crippen LogP contribution in [0.2, 0.25) is 5.02 Å². The van der Waals surface area contributed by atoms with E-state index >= 15 is 0 Å². The molecular weight excluding hydrogens is 894 g/mol. The Morgan fingerprint density at radius 3 is 1.40 bits per heavy atom. The summed E-state index contributed by atoms with van der Waals surface area (Å²) in [5.74, 6) is -0.533. The fourth-order valence-electron chi connectivity index (χ4n) is 9.16. The molecule has 3 aromatic carbocycles. The van der Waals surface area contributed by atoms with Gasteiger partial charge in [-0.25, -0.2) is 4.79 Å². The molecule has 70 heavy (non-hydrogen) atoms. The first kappa shape index (κ1) is 51.1. The van der Waals surface area contributed by atoms with Gasteiger partial charge in [0.2, 0.25) is 5.91 Å². The Labute approximate surface area is 417 Å². The van der Waals surface area contributed by atoms with Crippen molar-refractivity contribution in [3.63, 3.8) is 0 Å². The zero-order chi connectivity index (χ0) is 49.4. The smallest absolute Gasteiger partial charge is 0.335 e. The number of carboxylic acid groups (broad SMARTS) is 1. The summed E-state index contributed by atoms with van der Waals surface area (Å²) in [6.45, 7) is 10.8. The Hall–Kier alpha value is -6.79. The number of aromatic carboxylic acids is 1. The zero-order valence-electron chi connectivity index (χ0n) is 40.5. The maximum absolute atomic E-state index is 14.3. The Morgan fingerprint density at radius 2 is 1.01 bits per heavy atom. The monoisotopic (exact) mass is 957 g/mol. The van der Waals surface area contributed by atoms with E-state index in [4.69, 9.17) is 11.6 Å². The number of carbonyl (C=O) groups excluding carboxylic acids is 1. The number of rotatable bonds is 19. The van der Waals surface area contributed by atoms with Gasteiger partial charge in [-0.3, -0.25) is 34.5 Å². The Balaban J connectivity index is 0.000000212. The van der Waals surface area contributed by atoms with Gasteiger partial charge in [-0.1, -0.05) is 92.4 Å². The molecule has 4 aromatic heterocycles. The van der Waals surface area contributed by atoms with Gasteiger partial charge in [0.05, 0.1) is 33.8 Å². The fourth-order valence-corrected chi connectivity index (χ4v) is 9.28. The first-order valence-corrected chi connectivity index (χ1v) is 24.5. The maximum atomic E-state index is 14.3. The van der Waals surface area contributed by atoms with Crippen molar-refractivity contribution in [3.05, 3.63) is 220 Å². The van der Waals surface area contributed by atoms with Gasteiger partial charge in [-0.2, -0.15) is 0 Å². The summed E-state index contributed by atoms with van der Waals surface area (Å²) in [5.41, 5.74) is 7.38. The molecule has 1 aliphatic rings. The number of hydrogen-bond donors (Lipinski definition) is 2. The Morgan fingerprint density at radius 1 is 0.571 bits per heavy atom. The number of carbonyl (C=O) groups is 2. The number of nitrogens with zero attached hydrogens (tertiary/aromatic N) is 7. The average molecular weight is 959 g/mol. The van der Waals surface area contributed by atoms with Gasteiger partial charge in [0.1, 0.15) is 5.75 Å². The van der Waals surface area contributed by atoms with Crippen molar-refractivity contribution < 1.29 is 19.8 Å². The molecule has 1 saturated carbocycles. The second-order valence-corrected chi connectivity index (χ2v) is 19.2. The van der Waals surface area contributed by atoms with Crippen LogP contribution in [0.25, 0.3) is 0 Å². The van der Waals surface area contributed by atoms with Crippen LogP contribution in [0.5, 0.6) is 5.75 Å². The van der Waals surface area contributed by atoms with Crippen LogP contribution in [-0.2, 0) is 56.0 Å². The third-order valence-corrected chi connectivity index (χ3v) is 13.4. The molecule has 11 nitrogen and oxygen atoms in total. The molecule has 1 fully saturated rings. The number of aromatic nitrogens is 4. The van der Waals surface area contributed by atoms with Gasteiger partial charge >= 0.3 is 5.97 Å². The van der Waals surface area contributed by atoms with Crippen LogP contribution in [-0.4, -0.2) is 62.3 Å². The van der Waals surface area contributed by atoms with Crippen molar-refractivity contribution in [2.75, 3.05) is 0 Å². The first-order chi connectivity index (χ1) is 33.9. The number of aromatic hydroxyl groups is 1. The fraction of sp³-hybridized carbons (Fsp3) is 0.310. The van der Waals surface area contributed by atoms with Crippen LogP contribution in [0.4, 0.5) is 0 Å². The van der Waals surface area contributed by atoms with Crippen LogP contribution in [0, 0.1) is 0 Å². The number of halogens is 1. The van der Waals surface area contributed by atoms with Gasteiger partial charge in [-0.15, -0.1) is 0 Å². The van der Waals surface area contributed by atoms with Gasteiger partial charge in [-0.05, 0) is 140 Å². The molecule has 1 aliphatic carbocycles. The molecule has 0 aliphatic heterocycles. The lowest BCUT2D eigenvalue weighted by atomic mass is 9.68. The number of pyridine rings is 4. The second-order valence-electron chi connectivity index (χ2n) is 18.8. The molecule has 362 valence electrons. The minimum atomic E-state index is -0.947. The number of hydrogen-bond acceptors (Lipinski definition) is 9. The number of amides is 1. The molecule has 1 amide bonds. The lowest BCUT2D eigenvalue weighted by Crippen LogP contribution is -2.55. The Bertz CT molecular complexity index is 2520. The van der Waals surface area contributed by atoms with Crippen molar-refractivity contribution in [2.45, 2.75) is 116 Å². The number of carboxylic acids is 1. The SMILES string of the molecule is CCC(C)(C)N(Cc1ccc(C(=O)O)cc1)C(=O)C1(c2ccc(Cl)cc2)CCCCC1.Oc1cc(CN(Cc2ccccn2)Cc2ccccn2)cc(CN(Cc2ccccn2)Cc2ccccn2)c1. The highest BCUT2D eigenvalue weighted by Gasteiger charge is 2.46. The van der Waals surface area contributed by atoms with Crippen molar-refractivity contribution in [2.24, 2.45) is 0 Å². The molecule has 0 bridgehead atoms. The summed E-state index contributed by atoms with van der Waals surface area (Å²) < 4.78 is 0. The van der Waals surface area contributed by atoms with E-state index in [0.717, 1.165) is 83.6 Å². The molecule has 0 spiro atoms. The summed E-state index contributed by atoms with van der Waals surface area (Å²) in [7, 11) is 0. The average Bonchev–Trinajstić information content (AvgIpc) is 3.37. The normalized spacial score (nSPS) is 13.3. The van der Waals surface area contributed by atoms with Gasteiger partial charge in [0, 0.05) is 81.2 Å². The van der Waals surface area contributed by atoms with Crippen LogP contribution in [0.1, 0.15) is 115 Å². The lowest BCUT2D eigenvalue weighted by molar-refractivity contribution is -0.145. The highest BCUT2D eigenvalue weighted by molar-refractivity contribution is 6.30. The van der Waals surface area contributed by atoms with Crippen molar-refractivity contribution >= 4 is 23.5 Å². The summed E-state index contributed by atoms with van der Waals surface area (Å²) in [6, 6.07) is 44.3. The molecule has 8 rings (SSSR count). The van der Waals surface area contributed by atoms with E-state index in [2.05, 4.69) is 56.6 Å². The van der Waals surface area contributed by atoms with E-state index in [-0.39, 0.29) is 22.8 Å². The molecule has 12 heteroatoms. The minimum Gasteiger partial charge on any atom is -0.508 e. The standard InChI is InChI=1S/C32H32N6O.C26H32ClNO3/c39-32-18-26(20-37(22-28-9-1-5-13-33-28)23-29-10-2-6-14-34-29)17-27(19-32)21-38(24-30-11-3-7-15-35-30)25-31-12-4-8-16-36-31;1-4-25(2,3)28(18-19-8-10-20(11-9-19)23(29)30)24(31)26(16-6-5-7-17-26)21-12-14-22(27)15-13-21/h1-19,39H,20-25H2;8-15H,4-7,16-18H2,1-3H3,(H,29,30). The van der Waals surface area contributed by atoms with Gasteiger partial charge in [0.15, 0.2) is 0 Å². The highest BCUT2D eigenvalue weighted by Crippen LogP contribution is 2.43. The largest absolute Gasteiger partial charge is 0.508 e. The van der Waals surface area contributed by atoms with E-state index in [0.29, 0.717) is 50.8 Å². The Kier molecular flexibility index (Phi) is 18.0. The van der Waals surface area contributed by atoms with Crippen LogP contribution < -0.4 is 0 Å². The predicted octanol–water partition coefficient (Wildman–Crippen LogP) is 11.8. The predicted molar refractivity (Wildman–Crippen MR) is 275 cm³/mol. The molecule has 0 saturated heterocycles. The highest BCUT2D eigenvalue weighted by atomic mass is 35.5. The minimum absolute atomic E-state index is 0.156. The number of benzene rings is 3. The zero-order valence-corrected chi connectivity index (χ0v) is 41.3. The third-order valence-electron chi connectivity index (χ3n) is 13.2. The third kappa shape index (κ3) is 14.4. The van der Waals surface area contributed by atoms with Crippen molar-refractivity contribution in [1.82, 2.24) is 34.6 Å². The van der Waals surface area contributed by atoms with E-state index in [1.165, 1.54) is 0 Å². The molecule has 4 heterocycles. The van der Waals surface area contributed by atoms with Crippen molar-refractivity contribution in [1.29, 1.82) is 0 Å². The molecule has 2 N–H and O–H groups in total. The van der Waals surface area contributed by atoms with E-state index in [1.807, 2.05) is 151 Å². The van der Waals surface area contributed by atoms with Gasteiger partial charge < -0.3 is 15.1 Å². The summed E-state index contributed by atoms with van der Waals surface area (Å²) in [6.07, 6.45) is 13.0. The van der Waals surface area contributed by atoms with Crippen molar-refractivity contribution in [3.8, 4) is 5.75 Å². The molecule has 7 aromatic rings. The molecule has 0 radical (unpaired) electrons. The molecule has 0 unspecified atom stereocenters. The van der Waals surface area contributed by atoms with Gasteiger partial charge in [0.25, 0.3) is 0 Å². The van der Waals surface area contributed by atoms with Crippen LogP contribution in [0.15, 0.2) is 164 Å². The molecule has 0 atom stereocenters. The number of phenols is 1. The van der Waals surface area contributed by atoms with Crippen LogP contribution in [0.3, 0.4) is 0 Å². The topological polar surface area (TPSA) is 136 Å². The summed E-state index contributed by atoms with van der Waals surface area (Å²) in [4.78, 5) is 50.2. The lowest BCUT2D eigenvalue weighted by Gasteiger charge is -2.46. The second kappa shape index (κ2) is 24.7. The number of phenolic OH excluding ortho intramolecular Hbond substituents is 1. The maximum Gasteiger partial charge on any atom is 0.335 e. The summed E-state index contributed by atoms with van der Waals surface area (Å²) in [5, 5.41) is 20.6. The van der Waals surface area contributed by atoms with Crippen LogP contribution >= 0.6 is 11.6 Å². The quantitative estimate of drug-likeness (QED) is 0.0806. The summed E-state index contributed by atoms with van der Waals surface area (Å²) >= 11 is 6.14. The van der Waals surface area contributed by atoms with E-state index < -0.39 is 11.4 Å². The van der Waals surface area contributed by atoms with E-state index in [9.17, 15) is 19.8 Å². The first-order valence-electron chi connectivity index (χ1n) is 24.2.